The first kappa shape index (κ1) is 20.9. The summed E-state index contributed by atoms with van der Waals surface area (Å²) in [5.74, 6) is -0.126. The summed E-state index contributed by atoms with van der Waals surface area (Å²) in [5.41, 5.74) is 5.79. The van der Waals surface area contributed by atoms with Gasteiger partial charge in [-0.25, -0.2) is 9.78 Å². The van der Waals surface area contributed by atoms with Crippen molar-refractivity contribution in [2.75, 3.05) is 13.7 Å². The number of hydrogen-bond acceptors (Lipinski definition) is 4. The van der Waals surface area contributed by atoms with Crippen LogP contribution in [0.15, 0.2) is 78.9 Å². The van der Waals surface area contributed by atoms with Gasteiger partial charge in [-0.1, -0.05) is 60.7 Å². The minimum absolute atomic E-state index is 0.342. The lowest BCUT2D eigenvalue weighted by Gasteiger charge is -2.31. The Balaban J connectivity index is 1.66. The molecule has 0 saturated carbocycles. The van der Waals surface area contributed by atoms with E-state index in [-0.39, 0.29) is 0 Å². The standard InChI is InChI=1S/C28H24N2O3/c1-33-22-13-11-19(12-14-22)15-21-17-30(16-20-7-3-2-4-8-20)18-24-26(28(31)32)23-9-5-6-10-25(23)29-27(21)24/h2-15H,16-18H2,1H3,(H,31,32)/b21-15-. The number of benzene rings is 3. The molecule has 1 aromatic heterocycles. The van der Waals surface area contributed by atoms with E-state index in [1.54, 1.807) is 7.11 Å². The Morgan fingerprint density at radius 1 is 1.00 bits per heavy atom. The van der Waals surface area contributed by atoms with Crippen LogP contribution >= 0.6 is 0 Å². The lowest BCUT2D eigenvalue weighted by Crippen LogP contribution is -2.31. The fraction of sp³-hybridized carbons (Fsp3) is 0.143. The minimum Gasteiger partial charge on any atom is -0.497 e. The van der Waals surface area contributed by atoms with E-state index in [9.17, 15) is 9.90 Å². The zero-order valence-electron chi connectivity index (χ0n) is 18.4. The molecule has 1 aliphatic heterocycles. The van der Waals surface area contributed by atoms with Crippen LogP contribution in [0.2, 0.25) is 0 Å². The number of aromatic nitrogens is 1. The van der Waals surface area contributed by atoms with Crippen LogP contribution in [0.25, 0.3) is 22.6 Å². The number of para-hydroxylation sites is 1. The van der Waals surface area contributed by atoms with Crippen molar-refractivity contribution in [3.05, 3.63) is 107 Å². The van der Waals surface area contributed by atoms with Gasteiger partial charge in [-0.2, -0.15) is 0 Å². The van der Waals surface area contributed by atoms with Crippen molar-refractivity contribution in [2.24, 2.45) is 0 Å². The highest BCUT2D eigenvalue weighted by Crippen LogP contribution is 2.34. The van der Waals surface area contributed by atoms with Gasteiger partial charge in [0.05, 0.1) is 23.9 Å². The van der Waals surface area contributed by atoms with Crippen molar-refractivity contribution in [1.29, 1.82) is 0 Å². The number of hydrogen-bond donors (Lipinski definition) is 1. The number of fused-ring (bicyclic) bond motifs is 2. The topological polar surface area (TPSA) is 62.7 Å². The molecule has 0 spiro atoms. The normalized spacial score (nSPS) is 14.9. The number of carboxylic acid groups (broad SMARTS) is 1. The summed E-state index contributed by atoms with van der Waals surface area (Å²) in [6, 6.07) is 25.6. The van der Waals surface area contributed by atoms with Gasteiger partial charge in [0.15, 0.2) is 0 Å². The molecule has 0 radical (unpaired) electrons. The number of carboxylic acids is 1. The maximum absolute atomic E-state index is 12.4. The van der Waals surface area contributed by atoms with Crippen LogP contribution < -0.4 is 4.74 Å². The Labute approximate surface area is 192 Å². The molecule has 2 heterocycles. The number of pyridine rings is 1. The Kier molecular flexibility index (Phi) is 5.63. The summed E-state index contributed by atoms with van der Waals surface area (Å²) in [4.78, 5) is 19.6. The van der Waals surface area contributed by atoms with Crippen molar-refractivity contribution in [3.8, 4) is 5.75 Å². The lowest BCUT2D eigenvalue weighted by molar-refractivity contribution is 0.0696. The molecule has 0 aliphatic carbocycles. The van der Waals surface area contributed by atoms with Gasteiger partial charge < -0.3 is 9.84 Å². The molecule has 0 unspecified atom stereocenters. The summed E-state index contributed by atoms with van der Waals surface area (Å²) in [6.45, 7) is 1.94. The lowest BCUT2D eigenvalue weighted by atomic mass is 9.91. The van der Waals surface area contributed by atoms with Gasteiger partial charge in [-0.05, 0) is 41.0 Å². The third-order valence-electron chi connectivity index (χ3n) is 5.99. The maximum atomic E-state index is 12.4. The smallest absolute Gasteiger partial charge is 0.336 e. The van der Waals surface area contributed by atoms with Crippen molar-refractivity contribution in [1.82, 2.24) is 9.88 Å². The molecule has 33 heavy (non-hydrogen) atoms. The van der Waals surface area contributed by atoms with E-state index >= 15 is 0 Å². The predicted molar refractivity (Wildman–Crippen MR) is 130 cm³/mol. The monoisotopic (exact) mass is 436 g/mol. The van der Waals surface area contributed by atoms with Gasteiger partial charge in [0.25, 0.3) is 0 Å². The Bertz CT molecular complexity index is 1350. The molecule has 5 rings (SSSR count). The average Bonchev–Trinajstić information content (AvgIpc) is 2.84. The van der Waals surface area contributed by atoms with E-state index in [1.165, 1.54) is 5.56 Å². The van der Waals surface area contributed by atoms with Crippen molar-refractivity contribution >= 4 is 28.5 Å². The third-order valence-corrected chi connectivity index (χ3v) is 5.99. The first-order chi connectivity index (χ1) is 16.1. The zero-order chi connectivity index (χ0) is 22.8. The van der Waals surface area contributed by atoms with E-state index < -0.39 is 5.97 Å². The van der Waals surface area contributed by atoms with Crippen LogP contribution in [0, 0.1) is 0 Å². The van der Waals surface area contributed by atoms with Crippen LogP contribution in [0.4, 0.5) is 0 Å². The second-order valence-corrected chi connectivity index (χ2v) is 8.21. The van der Waals surface area contributed by atoms with E-state index in [2.05, 4.69) is 23.1 Å². The third kappa shape index (κ3) is 4.23. The number of nitrogens with zero attached hydrogens (tertiary/aromatic N) is 2. The molecule has 0 saturated heterocycles. The number of rotatable bonds is 5. The van der Waals surface area contributed by atoms with Gasteiger partial charge in [-0.3, -0.25) is 4.90 Å². The summed E-state index contributed by atoms with van der Waals surface area (Å²) in [7, 11) is 1.65. The maximum Gasteiger partial charge on any atom is 0.336 e. The van der Waals surface area contributed by atoms with Gasteiger partial charge in [0.2, 0.25) is 0 Å². The average molecular weight is 437 g/mol. The molecular formula is C28H24N2O3. The zero-order valence-corrected chi connectivity index (χ0v) is 18.4. The number of methoxy groups -OCH3 is 1. The van der Waals surface area contributed by atoms with Crippen LogP contribution in [0.1, 0.15) is 32.7 Å². The summed E-state index contributed by atoms with van der Waals surface area (Å²) >= 11 is 0. The fourth-order valence-electron chi connectivity index (χ4n) is 4.48. The molecule has 5 nitrogen and oxygen atoms in total. The second kappa shape index (κ2) is 8.88. The molecule has 3 aromatic carbocycles. The van der Waals surface area contributed by atoms with Crippen LogP contribution in [-0.4, -0.2) is 34.6 Å². The van der Waals surface area contributed by atoms with E-state index in [0.29, 0.717) is 29.6 Å². The highest BCUT2D eigenvalue weighted by atomic mass is 16.5. The Morgan fingerprint density at radius 2 is 1.73 bits per heavy atom. The number of ether oxygens (including phenoxy) is 1. The Morgan fingerprint density at radius 3 is 2.45 bits per heavy atom. The Hall–Kier alpha value is -3.96. The molecule has 4 aromatic rings. The van der Waals surface area contributed by atoms with Crippen molar-refractivity contribution < 1.29 is 14.6 Å². The second-order valence-electron chi connectivity index (χ2n) is 8.21. The molecule has 0 fully saturated rings. The quantitative estimate of drug-likeness (QED) is 0.448. The van der Waals surface area contributed by atoms with Gasteiger partial charge in [-0.15, -0.1) is 0 Å². The highest BCUT2D eigenvalue weighted by Gasteiger charge is 2.28. The summed E-state index contributed by atoms with van der Waals surface area (Å²) < 4.78 is 5.28. The number of aromatic carboxylic acids is 1. The molecule has 1 aliphatic rings. The minimum atomic E-state index is -0.921. The van der Waals surface area contributed by atoms with E-state index in [0.717, 1.165) is 34.7 Å². The van der Waals surface area contributed by atoms with Crippen molar-refractivity contribution in [3.63, 3.8) is 0 Å². The molecule has 0 amide bonds. The van der Waals surface area contributed by atoms with Gasteiger partial charge in [0.1, 0.15) is 5.75 Å². The molecule has 0 bridgehead atoms. The molecule has 5 heteroatoms. The first-order valence-corrected chi connectivity index (χ1v) is 10.9. The van der Waals surface area contributed by atoms with Crippen LogP contribution in [0.5, 0.6) is 5.75 Å². The SMILES string of the molecule is COc1ccc(/C=C2/CN(Cc3ccccc3)Cc3c2nc2ccccc2c3C(=O)O)cc1. The van der Waals surface area contributed by atoms with Crippen LogP contribution in [-0.2, 0) is 13.1 Å². The van der Waals surface area contributed by atoms with Crippen LogP contribution in [0.3, 0.4) is 0 Å². The highest BCUT2D eigenvalue weighted by molar-refractivity contribution is 6.06. The van der Waals surface area contributed by atoms with Gasteiger partial charge in [0, 0.05) is 30.6 Å². The van der Waals surface area contributed by atoms with Crippen molar-refractivity contribution in [2.45, 2.75) is 13.1 Å². The number of carbonyl (C=O) groups is 1. The summed E-state index contributed by atoms with van der Waals surface area (Å²) in [5, 5.41) is 10.8. The molecular weight excluding hydrogens is 412 g/mol. The first-order valence-electron chi connectivity index (χ1n) is 10.9. The fourth-order valence-corrected chi connectivity index (χ4v) is 4.48. The molecule has 164 valence electrons. The van der Waals surface area contributed by atoms with E-state index in [4.69, 9.17) is 9.72 Å². The molecule has 1 N–H and O–H groups in total. The largest absolute Gasteiger partial charge is 0.497 e. The van der Waals surface area contributed by atoms with E-state index in [1.807, 2.05) is 66.7 Å². The predicted octanol–water partition coefficient (Wildman–Crippen LogP) is 5.50. The summed E-state index contributed by atoms with van der Waals surface area (Å²) in [6.07, 6.45) is 2.10. The van der Waals surface area contributed by atoms with Gasteiger partial charge >= 0.3 is 5.97 Å². The molecule has 0 atom stereocenters.